The van der Waals surface area contributed by atoms with Gasteiger partial charge >= 0.3 is 0 Å². The lowest BCUT2D eigenvalue weighted by Gasteiger charge is -2.14. The summed E-state index contributed by atoms with van der Waals surface area (Å²) in [7, 11) is 5.12. The molecule has 0 radical (unpaired) electrons. The van der Waals surface area contributed by atoms with Gasteiger partial charge < -0.3 is 9.64 Å². The molecule has 0 bridgehead atoms. The van der Waals surface area contributed by atoms with Gasteiger partial charge in [-0.15, -0.1) is 0 Å². The number of amides is 1. The van der Waals surface area contributed by atoms with Crippen LogP contribution in [0, 0.1) is 0 Å². The molecule has 2 aromatic rings. The molecule has 3 heteroatoms. The fraction of sp³-hybridized carbons (Fsp3) is 0.188. The highest BCUT2D eigenvalue weighted by molar-refractivity contribution is 5.95. The first-order valence-corrected chi connectivity index (χ1v) is 6.08. The van der Waals surface area contributed by atoms with E-state index in [1.807, 2.05) is 42.5 Å². The Bertz CT molecular complexity index is 577. The van der Waals surface area contributed by atoms with Gasteiger partial charge in [-0.1, -0.05) is 30.3 Å². The Morgan fingerprint density at radius 3 is 2.32 bits per heavy atom. The van der Waals surface area contributed by atoms with E-state index in [2.05, 4.69) is 0 Å². The van der Waals surface area contributed by atoms with Crippen molar-refractivity contribution >= 4 is 5.91 Å². The smallest absolute Gasteiger partial charge is 0.253 e. The number of methoxy groups -OCH3 is 1. The topological polar surface area (TPSA) is 29.5 Å². The molecule has 0 heterocycles. The minimum Gasteiger partial charge on any atom is -0.496 e. The molecule has 0 aliphatic carbocycles. The maximum Gasteiger partial charge on any atom is 0.253 e. The molecule has 0 atom stereocenters. The highest BCUT2D eigenvalue weighted by Crippen LogP contribution is 2.30. The highest BCUT2D eigenvalue weighted by Gasteiger charge is 2.12. The first kappa shape index (κ1) is 13.1. The molecular weight excluding hydrogens is 238 g/mol. The molecule has 2 aromatic carbocycles. The fourth-order valence-electron chi connectivity index (χ4n) is 1.94. The van der Waals surface area contributed by atoms with Gasteiger partial charge in [-0.2, -0.15) is 0 Å². The van der Waals surface area contributed by atoms with E-state index in [-0.39, 0.29) is 5.91 Å². The molecule has 0 aliphatic rings. The van der Waals surface area contributed by atoms with Crippen LogP contribution in [0.1, 0.15) is 10.4 Å². The van der Waals surface area contributed by atoms with Gasteiger partial charge in [0.1, 0.15) is 5.75 Å². The number of rotatable bonds is 3. The summed E-state index contributed by atoms with van der Waals surface area (Å²) in [6.07, 6.45) is 0. The number of carbonyl (C=O) groups excluding carboxylic acids is 1. The second kappa shape index (κ2) is 5.57. The lowest BCUT2D eigenvalue weighted by atomic mass is 10.0. The maximum atomic E-state index is 12.0. The van der Waals surface area contributed by atoms with Crippen LogP contribution in [0.25, 0.3) is 11.1 Å². The third-order valence-corrected chi connectivity index (χ3v) is 2.94. The second-order valence-electron chi connectivity index (χ2n) is 4.48. The second-order valence-corrected chi connectivity index (χ2v) is 4.48. The van der Waals surface area contributed by atoms with Gasteiger partial charge in [0.2, 0.25) is 0 Å². The Kier molecular flexibility index (Phi) is 3.85. The summed E-state index contributed by atoms with van der Waals surface area (Å²) in [4.78, 5) is 13.6. The van der Waals surface area contributed by atoms with Gasteiger partial charge in [-0.05, 0) is 23.8 Å². The van der Waals surface area contributed by atoms with Gasteiger partial charge in [0.15, 0.2) is 0 Å². The number of ether oxygens (including phenoxy) is 1. The predicted molar refractivity (Wildman–Crippen MR) is 76.4 cm³/mol. The summed E-state index contributed by atoms with van der Waals surface area (Å²) in [5.41, 5.74) is 2.62. The van der Waals surface area contributed by atoms with E-state index in [0.717, 1.165) is 16.9 Å². The minimum absolute atomic E-state index is 0.0140. The Labute approximate surface area is 113 Å². The van der Waals surface area contributed by atoms with Crippen molar-refractivity contribution in [3.05, 3.63) is 54.1 Å². The highest BCUT2D eigenvalue weighted by atomic mass is 16.5. The van der Waals surface area contributed by atoms with Crippen LogP contribution in [0.3, 0.4) is 0 Å². The predicted octanol–water partition coefficient (Wildman–Crippen LogP) is 3.06. The van der Waals surface area contributed by atoms with Crippen LogP contribution in [0.2, 0.25) is 0 Å². The molecule has 2 rings (SSSR count). The van der Waals surface area contributed by atoms with E-state index in [4.69, 9.17) is 4.74 Å². The molecule has 0 saturated heterocycles. The van der Waals surface area contributed by atoms with E-state index in [1.54, 1.807) is 32.2 Å². The van der Waals surface area contributed by atoms with Gasteiger partial charge in [0.05, 0.1) is 7.11 Å². The first-order valence-electron chi connectivity index (χ1n) is 6.08. The number of hydrogen-bond acceptors (Lipinski definition) is 2. The van der Waals surface area contributed by atoms with Crippen LogP contribution in [-0.4, -0.2) is 32.0 Å². The van der Waals surface area contributed by atoms with E-state index in [9.17, 15) is 4.79 Å². The Morgan fingerprint density at radius 1 is 1.05 bits per heavy atom. The van der Waals surface area contributed by atoms with Crippen molar-refractivity contribution in [3.63, 3.8) is 0 Å². The molecule has 0 aromatic heterocycles. The van der Waals surface area contributed by atoms with E-state index >= 15 is 0 Å². The number of hydrogen-bond donors (Lipinski definition) is 0. The maximum absolute atomic E-state index is 12.0. The summed E-state index contributed by atoms with van der Waals surface area (Å²) in [6, 6.07) is 15.4. The fourth-order valence-corrected chi connectivity index (χ4v) is 1.94. The zero-order valence-corrected chi connectivity index (χ0v) is 11.4. The summed E-state index contributed by atoms with van der Waals surface area (Å²) in [5, 5.41) is 0. The van der Waals surface area contributed by atoms with E-state index in [1.165, 1.54) is 0 Å². The molecule has 0 N–H and O–H groups in total. The standard InChI is InChI=1S/C16H17NO2/c1-17(2)16(18)13-9-10-15(19-3)14(11-13)12-7-5-4-6-8-12/h4-11H,1-3H3. The largest absolute Gasteiger partial charge is 0.496 e. The molecule has 0 spiro atoms. The van der Waals surface area contributed by atoms with Gasteiger partial charge in [-0.25, -0.2) is 0 Å². The molecule has 19 heavy (non-hydrogen) atoms. The number of nitrogens with zero attached hydrogens (tertiary/aromatic N) is 1. The van der Waals surface area contributed by atoms with Crippen LogP contribution in [-0.2, 0) is 0 Å². The third kappa shape index (κ3) is 2.76. The summed E-state index contributed by atoms with van der Waals surface area (Å²) in [5.74, 6) is 0.751. The van der Waals surface area contributed by atoms with Crippen LogP contribution >= 0.6 is 0 Å². The van der Waals surface area contributed by atoms with Crippen molar-refractivity contribution in [2.45, 2.75) is 0 Å². The molecule has 98 valence electrons. The van der Waals surface area contributed by atoms with Crippen LogP contribution in [0.4, 0.5) is 0 Å². The van der Waals surface area contributed by atoms with Crippen LogP contribution < -0.4 is 4.74 Å². The van der Waals surface area contributed by atoms with Crippen molar-refractivity contribution in [2.24, 2.45) is 0 Å². The molecule has 0 fully saturated rings. The zero-order valence-electron chi connectivity index (χ0n) is 11.4. The van der Waals surface area contributed by atoms with Crippen molar-refractivity contribution in [3.8, 4) is 16.9 Å². The van der Waals surface area contributed by atoms with Crippen molar-refractivity contribution in [1.29, 1.82) is 0 Å². The Balaban J connectivity index is 2.52. The molecule has 1 amide bonds. The molecule has 0 unspecified atom stereocenters. The lowest BCUT2D eigenvalue weighted by Crippen LogP contribution is -2.21. The minimum atomic E-state index is -0.0140. The van der Waals surface area contributed by atoms with Crippen molar-refractivity contribution in [2.75, 3.05) is 21.2 Å². The monoisotopic (exact) mass is 255 g/mol. The third-order valence-electron chi connectivity index (χ3n) is 2.94. The van der Waals surface area contributed by atoms with Gasteiger partial charge in [-0.3, -0.25) is 4.79 Å². The van der Waals surface area contributed by atoms with Crippen molar-refractivity contribution < 1.29 is 9.53 Å². The van der Waals surface area contributed by atoms with E-state index in [0.29, 0.717) is 5.56 Å². The average molecular weight is 255 g/mol. The van der Waals surface area contributed by atoms with Gasteiger partial charge in [0.25, 0.3) is 5.91 Å². The Morgan fingerprint density at radius 2 is 1.74 bits per heavy atom. The molecular formula is C16H17NO2. The number of benzene rings is 2. The SMILES string of the molecule is COc1ccc(C(=O)N(C)C)cc1-c1ccccc1. The lowest BCUT2D eigenvalue weighted by molar-refractivity contribution is 0.0827. The number of carbonyl (C=O) groups is 1. The van der Waals surface area contributed by atoms with Crippen molar-refractivity contribution in [1.82, 2.24) is 4.90 Å². The quantitative estimate of drug-likeness (QED) is 0.843. The summed E-state index contributed by atoms with van der Waals surface area (Å²) < 4.78 is 5.37. The summed E-state index contributed by atoms with van der Waals surface area (Å²) in [6.45, 7) is 0. The molecule has 3 nitrogen and oxygen atoms in total. The van der Waals surface area contributed by atoms with Crippen LogP contribution in [0.5, 0.6) is 5.75 Å². The van der Waals surface area contributed by atoms with Gasteiger partial charge in [0, 0.05) is 25.2 Å². The molecule has 0 aliphatic heterocycles. The first-order chi connectivity index (χ1) is 9.13. The Hall–Kier alpha value is -2.29. The summed E-state index contributed by atoms with van der Waals surface area (Å²) >= 11 is 0. The zero-order chi connectivity index (χ0) is 13.8. The van der Waals surface area contributed by atoms with E-state index < -0.39 is 0 Å². The molecule has 0 saturated carbocycles. The average Bonchev–Trinajstić information content (AvgIpc) is 2.46. The van der Waals surface area contributed by atoms with Crippen LogP contribution in [0.15, 0.2) is 48.5 Å². The normalized spacial score (nSPS) is 10.1.